The van der Waals surface area contributed by atoms with Gasteiger partial charge in [-0.15, -0.1) is 0 Å². The molecule has 4 atom stereocenters. The molecule has 2 amide bonds. The number of para-hydroxylation sites is 1. The van der Waals surface area contributed by atoms with Crippen molar-refractivity contribution in [1.29, 1.82) is 5.26 Å². The Labute approximate surface area is 198 Å². The highest BCUT2D eigenvalue weighted by molar-refractivity contribution is 6.36. The van der Waals surface area contributed by atoms with E-state index in [2.05, 4.69) is 0 Å². The van der Waals surface area contributed by atoms with E-state index in [9.17, 15) is 29.8 Å². The van der Waals surface area contributed by atoms with E-state index in [1.54, 1.807) is 35.2 Å². The molecular formula is C24H15ClN4O5. The molecule has 2 aromatic rings. The second-order valence-corrected chi connectivity index (χ2v) is 8.53. The number of rotatable bonds is 4. The third-order valence-corrected chi connectivity index (χ3v) is 6.70. The molecule has 2 aromatic carbocycles. The van der Waals surface area contributed by atoms with Crippen LogP contribution in [0.25, 0.3) is 0 Å². The number of nitrogens with zero attached hydrogens (tertiary/aromatic N) is 4. The number of hydrogen-bond donors (Lipinski definition) is 0. The molecule has 5 rings (SSSR count). The standard InChI is InChI=1S/C24H15ClN4O5/c25-16-6-1-2-7-17(16)28-23(31)19-18-10-13(12-26)8-9-27(18)21(20(19)24(28)32)22(30)14-4-3-5-15(11-14)29(33)34/h1-11,18-21H/t18-,19+,20-,21-/m1/s1. The van der Waals surface area contributed by atoms with Gasteiger partial charge in [-0.2, -0.15) is 5.26 Å². The summed E-state index contributed by atoms with van der Waals surface area (Å²) in [5, 5.41) is 20.8. The van der Waals surface area contributed by atoms with Gasteiger partial charge in [0.15, 0.2) is 5.78 Å². The molecule has 2 saturated heterocycles. The summed E-state index contributed by atoms with van der Waals surface area (Å²) < 4.78 is 0. The Bertz CT molecular complexity index is 1380. The number of allylic oxidation sites excluding steroid dienone is 2. The van der Waals surface area contributed by atoms with Crippen LogP contribution < -0.4 is 4.90 Å². The summed E-state index contributed by atoms with van der Waals surface area (Å²) in [6.45, 7) is 0. The first-order valence-electron chi connectivity index (χ1n) is 10.3. The predicted molar refractivity (Wildman–Crippen MR) is 121 cm³/mol. The number of amides is 2. The summed E-state index contributed by atoms with van der Waals surface area (Å²) in [4.78, 5) is 54.0. The molecule has 10 heteroatoms. The molecule has 0 radical (unpaired) electrons. The van der Waals surface area contributed by atoms with Crippen molar-refractivity contribution in [1.82, 2.24) is 4.90 Å². The molecule has 3 aliphatic heterocycles. The first kappa shape index (κ1) is 21.6. The number of hydrogen-bond acceptors (Lipinski definition) is 7. The van der Waals surface area contributed by atoms with Gasteiger partial charge in [0.2, 0.25) is 11.8 Å². The molecule has 0 saturated carbocycles. The SMILES string of the molecule is N#CC1=C[C@@H]2[C@@H]3C(=O)N(c4ccccc4Cl)C(=O)[C@H]3[C@H](C(=O)c3cccc([N+](=O)[O-])c3)N2C=C1. The van der Waals surface area contributed by atoms with E-state index in [-0.39, 0.29) is 22.0 Å². The molecule has 0 spiro atoms. The van der Waals surface area contributed by atoms with Crippen LogP contribution in [0.5, 0.6) is 0 Å². The quantitative estimate of drug-likeness (QED) is 0.288. The van der Waals surface area contributed by atoms with Crippen molar-refractivity contribution in [3.05, 3.63) is 93.2 Å². The lowest BCUT2D eigenvalue weighted by molar-refractivity contribution is -0.384. The van der Waals surface area contributed by atoms with Crippen molar-refractivity contribution >= 4 is 40.6 Å². The zero-order valence-corrected chi connectivity index (χ0v) is 18.1. The number of imide groups is 1. The number of carbonyl (C=O) groups is 3. The third-order valence-electron chi connectivity index (χ3n) is 6.38. The number of nitro groups is 1. The number of fused-ring (bicyclic) bond motifs is 3. The van der Waals surface area contributed by atoms with Crippen LogP contribution in [0.4, 0.5) is 11.4 Å². The molecule has 3 aliphatic rings. The highest BCUT2D eigenvalue weighted by Gasteiger charge is 2.63. The third kappa shape index (κ3) is 3.11. The molecule has 0 bridgehead atoms. The first-order valence-corrected chi connectivity index (χ1v) is 10.7. The minimum absolute atomic E-state index is 0.0542. The highest BCUT2D eigenvalue weighted by Crippen LogP contribution is 2.47. The average Bonchev–Trinajstić information content (AvgIpc) is 3.31. The van der Waals surface area contributed by atoms with Gasteiger partial charge in [0, 0.05) is 23.9 Å². The van der Waals surface area contributed by atoms with Gasteiger partial charge in [-0.25, -0.2) is 4.90 Å². The number of Topliss-reactive ketones (excluding diaryl/α,β-unsaturated/α-hetero) is 1. The van der Waals surface area contributed by atoms with Gasteiger partial charge in [0.25, 0.3) is 5.69 Å². The molecule has 9 nitrogen and oxygen atoms in total. The Morgan fingerprint density at radius 1 is 1.09 bits per heavy atom. The fourth-order valence-corrected chi connectivity index (χ4v) is 5.16. The smallest absolute Gasteiger partial charge is 0.270 e. The molecule has 0 unspecified atom stereocenters. The lowest BCUT2D eigenvalue weighted by Gasteiger charge is -2.32. The van der Waals surface area contributed by atoms with Gasteiger partial charge in [-0.1, -0.05) is 35.9 Å². The van der Waals surface area contributed by atoms with Gasteiger partial charge in [-0.3, -0.25) is 24.5 Å². The molecule has 168 valence electrons. The molecule has 0 aliphatic carbocycles. The van der Waals surface area contributed by atoms with Crippen LogP contribution in [0.2, 0.25) is 5.02 Å². The number of non-ortho nitro benzene ring substituents is 1. The number of benzene rings is 2. The van der Waals surface area contributed by atoms with Crippen molar-refractivity contribution in [2.45, 2.75) is 12.1 Å². The summed E-state index contributed by atoms with van der Waals surface area (Å²) in [5.41, 5.74) is 0.320. The number of nitro benzene ring substituents is 1. The van der Waals surface area contributed by atoms with Gasteiger partial charge < -0.3 is 4.90 Å². The zero-order valence-electron chi connectivity index (χ0n) is 17.4. The Hall–Kier alpha value is -4.29. The molecule has 0 aromatic heterocycles. The predicted octanol–water partition coefficient (Wildman–Crippen LogP) is 3.27. The van der Waals surface area contributed by atoms with E-state index in [1.807, 2.05) is 6.07 Å². The first-order chi connectivity index (χ1) is 16.3. The summed E-state index contributed by atoms with van der Waals surface area (Å²) in [6.07, 6.45) is 4.60. The highest BCUT2D eigenvalue weighted by atomic mass is 35.5. The molecular weight excluding hydrogens is 460 g/mol. The van der Waals surface area contributed by atoms with E-state index < -0.39 is 46.4 Å². The minimum Gasteiger partial charge on any atom is -0.359 e. The van der Waals surface area contributed by atoms with E-state index in [0.717, 1.165) is 11.0 Å². The van der Waals surface area contributed by atoms with E-state index >= 15 is 0 Å². The Morgan fingerprint density at radius 3 is 2.53 bits per heavy atom. The second kappa shape index (κ2) is 7.93. The number of halogens is 1. The zero-order chi connectivity index (χ0) is 24.1. The Morgan fingerprint density at radius 2 is 1.82 bits per heavy atom. The minimum atomic E-state index is -1.09. The fraction of sp³-hybridized carbons (Fsp3) is 0.167. The molecule has 34 heavy (non-hydrogen) atoms. The van der Waals surface area contributed by atoms with E-state index in [4.69, 9.17) is 11.6 Å². The maximum absolute atomic E-state index is 13.6. The van der Waals surface area contributed by atoms with Gasteiger partial charge in [-0.05, 0) is 24.3 Å². The molecule has 0 N–H and O–H groups in total. The van der Waals surface area contributed by atoms with E-state index in [0.29, 0.717) is 5.57 Å². The van der Waals surface area contributed by atoms with Crippen molar-refractivity contribution in [3.8, 4) is 6.07 Å². The monoisotopic (exact) mass is 474 g/mol. The number of nitriles is 1. The van der Waals surface area contributed by atoms with Gasteiger partial charge in [0.1, 0.15) is 6.04 Å². The summed E-state index contributed by atoms with van der Waals surface area (Å²) in [5.74, 6) is -3.61. The lowest BCUT2D eigenvalue weighted by Crippen LogP contribution is -2.46. The van der Waals surface area contributed by atoms with Crippen LogP contribution >= 0.6 is 11.6 Å². The van der Waals surface area contributed by atoms with Crippen LogP contribution in [0.3, 0.4) is 0 Å². The van der Waals surface area contributed by atoms with Crippen molar-refractivity contribution in [3.63, 3.8) is 0 Å². The maximum Gasteiger partial charge on any atom is 0.270 e. The van der Waals surface area contributed by atoms with Crippen LogP contribution in [0, 0.1) is 33.3 Å². The van der Waals surface area contributed by atoms with Crippen molar-refractivity contribution in [2.75, 3.05) is 4.90 Å². The van der Waals surface area contributed by atoms with Crippen molar-refractivity contribution in [2.24, 2.45) is 11.8 Å². The van der Waals surface area contributed by atoms with Crippen LogP contribution in [-0.2, 0) is 9.59 Å². The van der Waals surface area contributed by atoms with Crippen LogP contribution in [-0.4, -0.2) is 39.5 Å². The molecule has 2 fully saturated rings. The van der Waals surface area contributed by atoms with Crippen molar-refractivity contribution < 1.29 is 19.3 Å². The number of carbonyl (C=O) groups excluding carboxylic acids is 3. The number of ketones is 1. The summed E-state index contributed by atoms with van der Waals surface area (Å²) in [7, 11) is 0. The van der Waals surface area contributed by atoms with Gasteiger partial charge >= 0.3 is 0 Å². The average molecular weight is 475 g/mol. The van der Waals surface area contributed by atoms with Crippen LogP contribution in [0.15, 0.2) is 72.5 Å². The second-order valence-electron chi connectivity index (χ2n) is 8.12. The normalized spacial score (nSPS) is 25.0. The maximum atomic E-state index is 13.6. The Kier molecular flexibility index (Phi) is 5.03. The van der Waals surface area contributed by atoms with Gasteiger partial charge in [0.05, 0.1) is 45.2 Å². The summed E-state index contributed by atoms with van der Waals surface area (Å²) >= 11 is 6.26. The lowest BCUT2D eigenvalue weighted by atomic mass is 9.86. The van der Waals surface area contributed by atoms with E-state index in [1.165, 1.54) is 30.5 Å². The number of anilines is 1. The summed E-state index contributed by atoms with van der Waals surface area (Å²) in [6, 6.07) is 11.9. The fourth-order valence-electron chi connectivity index (χ4n) is 4.94. The molecule has 3 heterocycles. The topological polar surface area (TPSA) is 125 Å². The Balaban J connectivity index is 1.62. The largest absolute Gasteiger partial charge is 0.359 e. The van der Waals surface area contributed by atoms with Crippen LogP contribution in [0.1, 0.15) is 10.4 Å².